The number of thiazole rings is 1. The minimum Gasteiger partial charge on any atom is -0.310 e. The Balaban J connectivity index is 1.41. The van der Waals surface area contributed by atoms with Crippen LogP contribution >= 0.6 is 11.3 Å². The number of piperidine rings is 1. The molecule has 1 aliphatic heterocycles. The Morgan fingerprint density at radius 1 is 1.28 bits per heavy atom. The zero-order valence-corrected chi connectivity index (χ0v) is 11.7. The average Bonchev–Trinajstić information content (AvgIpc) is 2.92. The van der Waals surface area contributed by atoms with E-state index in [-0.39, 0.29) is 0 Å². The normalized spacial score (nSPS) is 32.1. The number of hydrogen-bond acceptors (Lipinski definition) is 4. The lowest BCUT2D eigenvalue weighted by Crippen LogP contribution is -2.52. The van der Waals surface area contributed by atoms with Crippen molar-refractivity contribution in [3.63, 3.8) is 0 Å². The quantitative estimate of drug-likeness (QED) is 0.878. The molecular formula is C14H23N3S. The molecule has 2 aliphatic rings. The highest BCUT2D eigenvalue weighted by Gasteiger charge is 2.31. The van der Waals surface area contributed by atoms with Gasteiger partial charge in [0.25, 0.3) is 0 Å². The molecule has 0 amide bonds. The predicted molar refractivity (Wildman–Crippen MR) is 75.7 cm³/mol. The number of aromatic nitrogens is 1. The van der Waals surface area contributed by atoms with E-state index >= 15 is 0 Å². The average molecular weight is 265 g/mol. The third kappa shape index (κ3) is 3.11. The summed E-state index contributed by atoms with van der Waals surface area (Å²) in [5.41, 5.74) is 3.08. The molecule has 4 heteroatoms. The van der Waals surface area contributed by atoms with Crippen molar-refractivity contribution in [2.75, 3.05) is 6.54 Å². The Morgan fingerprint density at radius 3 is 3.11 bits per heavy atom. The van der Waals surface area contributed by atoms with Crippen LogP contribution in [0.2, 0.25) is 0 Å². The van der Waals surface area contributed by atoms with Crippen LogP contribution in [0.3, 0.4) is 0 Å². The van der Waals surface area contributed by atoms with Crippen LogP contribution in [-0.2, 0) is 6.54 Å². The Labute approximate surface area is 113 Å². The lowest BCUT2D eigenvalue weighted by Gasteiger charge is -2.40. The molecule has 2 heterocycles. The third-order valence-electron chi connectivity index (χ3n) is 4.43. The smallest absolute Gasteiger partial charge is 0.0795 e. The van der Waals surface area contributed by atoms with Crippen molar-refractivity contribution in [1.82, 2.24) is 15.6 Å². The van der Waals surface area contributed by atoms with Crippen molar-refractivity contribution in [1.29, 1.82) is 0 Å². The van der Waals surface area contributed by atoms with E-state index < -0.39 is 0 Å². The maximum absolute atomic E-state index is 4.30. The monoisotopic (exact) mass is 265 g/mol. The van der Waals surface area contributed by atoms with Gasteiger partial charge in [-0.15, -0.1) is 11.3 Å². The fourth-order valence-electron chi connectivity index (χ4n) is 3.43. The van der Waals surface area contributed by atoms with Crippen LogP contribution in [0.15, 0.2) is 10.9 Å². The van der Waals surface area contributed by atoms with Gasteiger partial charge in [-0.05, 0) is 31.6 Å². The van der Waals surface area contributed by atoms with Crippen molar-refractivity contribution in [3.05, 3.63) is 16.6 Å². The first-order chi connectivity index (χ1) is 8.92. The molecule has 1 aromatic heterocycles. The lowest BCUT2D eigenvalue weighted by molar-refractivity contribution is 0.174. The Bertz CT molecular complexity index is 352. The Kier molecular flexibility index (Phi) is 4.28. The zero-order valence-electron chi connectivity index (χ0n) is 10.9. The molecule has 3 rings (SSSR count). The van der Waals surface area contributed by atoms with Gasteiger partial charge in [0.15, 0.2) is 0 Å². The number of nitrogens with one attached hydrogen (secondary N) is 2. The van der Waals surface area contributed by atoms with Gasteiger partial charge in [0.05, 0.1) is 11.2 Å². The highest BCUT2D eigenvalue weighted by Crippen LogP contribution is 2.31. The summed E-state index contributed by atoms with van der Waals surface area (Å²) in [5.74, 6) is 0.966. The van der Waals surface area contributed by atoms with Crippen molar-refractivity contribution in [2.24, 2.45) is 5.92 Å². The number of fused-ring (bicyclic) bond motifs is 1. The summed E-state index contributed by atoms with van der Waals surface area (Å²) >= 11 is 1.67. The molecule has 3 nitrogen and oxygen atoms in total. The molecule has 3 atom stereocenters. The van der Waals surface area contributed by atoms with Crippen LogP contribution in [0.5, 0.6) is 0 Å². The van der Waals surface area contributed by atoms with E-state index in [2.05, 4.69) is 21.0 Å². The molecule has 1 aromatic rings. The fraction of sp³-hybridized carbons (Fsp3) is 0.786. The molecular weight excluding hydrogens is 242 g/mol. The number of rotatable bonds is 4. The first-order valence-electron chi connectivity index (χ1n) is 7.25. The molecule has 0 radical (unpaired) electrons. The van der Waals surface area contributed by atoms with E-state index in [1.165, 1.54) is 44.2 Å². The topological polar surface area (TPSA) is 37.0 Å². The van der Waals surface area contributed by atoms with Crippen LogP contribution in [-0.4, -0.2) is 23.6 Å². The van der Waals surface area contributed by atoms with Crippen molar-refractivity contribution < 1.29 is 0 Å². The van der Waals surface area contributed by atoms with Crippen molar-refractivity contribution in [2.45, 2.75) is 57.2 Å². The van der Waals surface area contributed by atoms with Gasteiger partial charge in [0, 0.05) is 30.6 Å². The van der Waals surface area contributed by atoms with Crippen LogP contribution in [0.25, 0.3) is 0 Å². The molecule has 1 saturated heterocycles. The van der Waals surface area contributed by atoms with E-state index in [1.54, 1.807) is 11.3 Å². The molecule has 0 bridgehead atoms. The minimum absolute atomic E-state index is 0.669. The Hall–Kier alpha value is -0.450. The van der Waals surface area contributed by atoms with Gasteiger partial charge in [-0.2, -0.15) is 0 Å². The van der Waals surface area contributed by atoms with Gasteiger partial charge in [-0.25, -0.2) is 4.98 Å². The molecule has 2 fully saturated rings. The summed E-state index contributed by atoms with van der Waals surface area (Å²) in [6, 6.07) is 1.47. The molecule has 0 aromatic carbocycles. The van der Waals surface area contributed by atoms with E-state index in [0.29, 0.717) is 6.04 Å². The molecule has 3 unspecified atom stereocenters. The van der Waals surface area contributed by atoms with Gasteiger partial charge < -0.3 is 10.6 Å². The second-order valence-corrected chi connectivity index (χ2v) is 6.42. The summed E-state index contributed by atoms with van der Waals surface area (Å²) < 4.78 is 0. The maximum atomic E-state index is 4.30. The van der Waals surface area contributed by atoms with Gasteiger partial charge in [-0.1, -0.05) is 12.8 Å². The Morgan fingerprint density at radius 2 is 2.22 bits per heavy atom. The van der Waals surface area contributed by atoms with Gasteiger partial charge in [0.1, 0.15) is 0 Å². The zero-order chi connectivity index (χ0) is 12.2. The van der Waals surface area contributed by atoms with Crippen LogP contribution in [0, 0.1) is 5.92 Å². The minimum atomic E-state index is 0.669. The highest BCUT2D eigenvalue weighted by molar-refractivity contribution is 7.07. The standard InChI is InChI=1S/C14H23N3S/c1-2-4-14-11(3-1)5-6-12(17-14)7-15-8-13-9-18-10-16-13/h9-12,14-15,17H,1-8H2. The van der Waals surface area contributed by atoms with Crippen LogP contribution in [0.1, 0.15) is 44.2 Å². The van der Waals surface area contributed by atoms with E-state index in [1.807, 2.05) is 5.51 Å². The third-order valence-corrected chi connectivity index (χ3v) is 5.06. The van der Waals surface area contributed by atoms with Gasteiger partial charge in [0.2, 0.25) is 0 Å². The fourth-order valence-corrected chi connectivity index (χ4v) is 3.99. The summed E-state index contributed by atoms with van der Waals surface area (Å²) in [4.78, 5) is 4.30. The van der Waals surface area contributed by atoms with Crippen LogP contribution < -0.4 is 10.6 Å². The molecule has 2 N–H and O–H groups in total. The number of hydrogen-bond donors (Lipinski definition) is 2. The first kappa shape index (κ1) is 12.6. The molecule has 100 valence electrons. The summed E-state index contributed by atoms with van der Waals surface area (Å²) in [5, 5.41) is 9.51. The van der Waals surface area contributed by atoms with E-state index in [4.69, 9.17) is 0 Å². The number of nitrogens with zero attached hydrogens (tertiary/aromatic N) is 1. The van der Waals surface area contributed by atoms with Crippen LogP contribution in [0.4, 0.5) is 0 Å². The second-order valence-electron chi connectivity index (χ2n) is 5.70. The molecule has 18 heavy (non-hydrogen) atoms. The predicted octanol–water partition coefficient (Wildman–Crippen LogP) is 2.54. The summed E-state index contributed by atoms with van der Waals surface area (Å²) in [7, 11) is 0. The molecule has 1 aliphatic carbocycles. The van der Waals surface area contributed by atoms with E-state index in [0.717, 1.165) is 25.0 Å². The summed E-state index contributed by atoms with van der Waals surface area (Å²) in [6.45, 7) is 2.00. The molecule has 0 spiro atoms. The second kappa shape index (κ2) is 6.13. The van der Waals surface area contributed by atoms with E-state index in [9.17, 15) is 0 Å². The van der Waals surface area contributed by atoms with Gasteiger partial charge >= 0.3 is 0 Å². The summed E-state index contributed by atoms with van der Waals surface area (Å²) in [6.07, 6.45) is 8.50. The largest absolute Gasteiger partial charge is 0.310 e. The first-order valence-corrected chi connectivity index (χ1v) is 8.20. The highest BCUT2D eigenvalue weighted by atomic mass is 32.1. The SMILES string of the molecule is c1nc(CNCC2CCC3CCCCC3N2)cs1. The maximum Gasteiger partial charge on any atom is 0.0795 e. The lowest BCUT2D eigenvalue weighted by atomic mass is 9.78. The van der Waals surface area contributed by atoms with Crippen molar-refractivity contribution in [3.8, 4) is 0 Å². The molecule has 1 saturated carbocycles. The van der Waals surface area contributed by atoms with Gasteiger partial charge in [-0.3, -0.25) is 0 Å². The van der Waals surface area contributed by atoms with Crippen molar-refractivity contribution >= 4 is 11.3 Å².